The smallest absolute Gasteiger partial charge is 0.264 e. The zero-order chi connectivity index (χ0) is 28.7. The quantitative estimate of drug-likeness (QED) is 0.281. The summed E-state index contributed by atoms with van der Waals surface area (Å²) in [5, 5.41) is 4.05. The molecule has 11 heteroatoms. The van der Waals surface area contributed by atoms with Gasteiger partial charge in [-0.3, -0.25) is 13.9 Å². The molecular weight excluding hydrogens is 581 g/mol. The molecule has 3 rings (SSSR count). The van der Waals surface area contributed by atoms with Crippen molar-refractivity contribution in [2.24, 2.45) is 0 Å². The van der Waals surface area contributed by atoms with Crippen molar-refractivity contribution < 1.29 is 18.0 Å². The van der Waals surface area contributed by atoms with Crippen LogP contribution in [0.3, 0.4) is 0 Å². The van der Waals surface area contributed by atoms with Gasteiger partial charge >= 0.3 is 0 Å². The molecule has 2 atom stereocenters. The van der Waals surface area contributed by atoms with E-state index in [0.717, 1.165) is 4.31 Å². The molecule has 0 spiro atoms. The van der Waals surface area contributed by atoms with Gasteiger partial charge in [-0.1, -0.05) is 66.0 Å². The Morgan fingerprint density at radius 2 is 1.51 bits per heavy atom. The maximum absolute atomic E-state index is 13.9. The van der Waals surface area contributed by atoms with Crippen LogP contribution in [-0.4, -0.2) is 43.8 Å². The van der Waals surface area contributed by atoms with Gasteiger partial charge in [-0.05, 0) is 74.4 Å². The van der Waals surface area contributed by atoms with E-state index in [1.54, 1.807) is 55.5 Å². The lowest BCUT2D eigenvalue weighted by molar-refractivity contribution is -0.139. The van der Waals surface area contributed by atoms with Crippen molar-refractivity contribution in [2.45, 2.75) is 50.7 Å². The van der Waals surface area contributed by atoms with E-state index in [4.69, 9.17) is 34.8 Å². The Bertz CT molecular complexity index is 1400. The number of rotatable bonds is 11. The van der Waals surface area contributed by atoms with Crippen molar-refractivity contribution in [3.05, 3.63) is 93.4 Å². The largest absolute Gasteiger partial charge is 0.352 e. The van der Waals surface area contributed by atoms with Crippen LogP contribution in [0.5, 0.6) is 0 Å². The first-order chi connectivity index (χ1) is 18.4. The first kappa shape index (κ1) is 30.8. The maximum Gasteiger partial charge on any atom is 0.264 e. The molecule has 0 fully saturated rings. The van der Waals surface area contributed by atoms with Crippen molar-refractivity contribution in [2.75, 3.05) is 10.8 Å². The highest BCUT2D eigenvalue weighted by atomic mass is 35.5. The van der Waals surface area contributed by atoms with E-state index in [1.165, 1.54) is 29.2 Å². The summed E-state index contributed by atoms with van der Waals surface area (Å²) < 4.78 is 28.5. The number of nitrogens with one attached hydrogen (secondary N) is 1. The Labute approximate surface area is 244 Å². The molecule has 0 aliphatic heterocycles. The molecule has 2 amide bonds. The van der Waals surface area contributed by atoms with E-state index in [0.29, 0.717) is 27.1 Å². The van der Waals surface area contributed by atoms with Crippen LogP contribution in [0, 0.1) is 0 Å². The normalized spacial score (nSPS) is 12.9. The summed E-state index contributed by atoms with van der Waals surface area (Å²) in [5.74, 6) is -0.964. The molecule has 0 unspecified atom stereocenters. The third-order valence-electron chi connectivity index (χ3n) is 6.25. The molecular formula is C28H30Cl3N3O4S. The number of halogens is 3. The van der Waals surface area contributed by atoms with Crippen LogP contribution in [0.4, 0.5) is 5.69 Å². The average molecular weight is 611 g/mol. The van der Waals surface area contributed by atoms with Gasteiger partial charge in [-0.2, -0.15) is 0 Å². The zero-order valence-electron chi connectivity index (χ0n) is 21.8. The number of anilines is 1. The molecule has 7 nitrogen and oxygen atoms in total. The van der Waals surface area contributed by atoms with Gasteiger partial charge in [0.05, 0.1) is 10.6 Å². The van der Waals surface area contributed by atoms with E-state index in [9.17, 15) is 18.0 Å². The fraction of sp³-hybridized carbons (Fsp3) is 0.286. The van der Waals surface area contributed by atoms with E-state index in [1.807, 2.05) is 13.8 Å². The van der Waals surface area contributed by atoms with Gasteiger partial charge in [0.1, 0.15) is 12.6 Å². The second-order valence-corrected chi connectivity index (χ2v) is 12.2. The summed E-state index contributed by atoms with van der Waals surface area (Å²) in [4.78, 5) is 28.3. The number of benzene rings is 3. The second kappa shape index (κ2) is 13.5. The fourth-order valence-electron chi connectivity index (χ4n) is 3.74. The van der Waals surface area contributed by atoms with Crippen LogP contribution in [0.1, 0.15) is 32.8 Å². The molecule has 0 radical (unpaired) electrons. The summed E-state index contributed by atoms with van der Waals surface area (Å²) in [5.41, 5.74) is 0.805. The van der Waals surface area contributed by atoms with Gasteiger partial charge < -0.3 is 10.2 Å². The minimum absolute atomic E-state index is 0.0163. The summed E-state index contributed by atoms with van der Waals surface area (Å²) in [6.07, 6.45) is 0.703. The Balaban J connectivity index is 2.03. The lowest BCUT2D eigenvalue weighted by atomic mass is 10.1. The van der Waals surface area contributed by atoms with Gasteiger partial charge in [0.2, 0.25) is 11.8 Å². The molecule has 0 saturated carbocycles. The summed E-state index contributed by atoms with van der Waals surface area (Å²) in [7, 11) is -4.15. The van der Waals surface area contributed by atoms with E-state index in [2.05, 4.69) is 5.32 Å². The van der Waals surface area contributed by atoms with Gasteiger partial charge in [0, 0.05) is 27.7 Å². The van der Waals surface area contributed by atoms with E-state index < -0.39 is 28.5 Å². The van der Waals surface area contributed by atoms with Crippen LogP contribution in [-0.2, 0) is 26.2 Å². The predicted octanol–water partition coefficient (Wildman–Crippen LogP) is 6.17. The lowest BCUT2D eigenvalue weighted by Gasteiger charge is -2.32. The molecule has 39 heavy (non-hydrogen) atoms. The Hall–Kier alpha value is -2.78. The molecule has 0 aliphatic rings. The minimum Gasteiger partial charge on any atom is -0.352 e. The highest BCUT2D eigenvalue weighted by Gasteiger charge is 2.33. The Morgan fingerprint density at radius 1 is 0.897 bits per heavy atom. The van der Waals surface area contributed by atoms with Crippen LogP contribution in [0.15, 0.2) is 77.7 Å². The van der Waals surface area contributed by atoms with Gasteiger partial charge in [0.15, 0.2) is 0 Å². The minimum atomic E-state index is -4.15. The van der Waals surface area contributed by atoms with E-state index in [-0.39, 0.29) is 29.1 Å². The van der Waals surface area contributed by atoms with Crippen molar-refractivity contribution >= 4 is 62.3 Å². The second-order valence-electron chi connectivity index (χ2n) is 9.05. The number of carbonyl (C=O) groups is 2. The zero-order valence-corrected chi connectivity index (χ0v) is 24.9. The maximum atomic E-state index is 13.9. The molecule has 3 aromatic carbocycles. The molecule has 0 aromatic heterocycles. The van der Waals surface area contributed by atoms with Gasteiger partial charge in [-0.25, -0.2) is 8.42 Å². The molecule has 208 valence electrons. The van der Waals surface area contributed by atoms with Crippen molar-refractivity contribution in [1.82, 2.24) is 10.2 Å². The number of sulfonamides is 1. The van der Waals surface area contributed by atoms with Crippen LogP contribution >= 0.6 is 34.8 Å². The van der Waals surface area contributed by atoms with Crippen molar-refractivity contribution in [3.8, 4) is 0 Å². The van der Waals surface area contributed by atoms with Crippen LogP contribution in [0.25, 0.3) is 0 Å². The standard InChI is InChI=1S/C28H30Cl3N3O4S/c1-4-19(2)32-28(36)20(3)33(17-21-10-11-23(30)16-26(21)31)27(35)18-34(24-14-12-22(29)13-15-24)39(37,38)25-8-6-5-7-9-25/h5-16,19-20H,4,17-18H2,1-3H3,(H,32,36)/t19-,20+/m1/s1. The van der Waals surface area contributed by atoms with Crippen LogP contribution in [0.2, 0.25) is 15.1 Å². The number of carbonyl (C=O) groups excluding carboxylic acids is 2. The average Bonchev–Trinajstić information content (AvgIpc) is 2.91. The molecule has 1 N–H and O–H groups in total. The van der Waals surface area contributed by atoms with Crippen molar-refractivity contribution in [3.63, 3.8) is 0 Å². The monoisotopic (exact) mass is 609 g/mol. The van der Waals surface area contributed by atoms with E-state index >= 15 is 0 Å². The Morgan fingerprint density at radius 3 is 2.10 bits per heavy atom. The number of nitrogens with zero attached hydrogens (tertiary/aromatic N) is 2. The number of amides is 2. The molecule has 0 bridgehead atoms. The third kappa shape index (κ3) is 7.88. The number of hydrogen-bond acceptors (Lipinski definition) is 4. The molecule has 0 heterocycles. The first-order valence-electron chi connectivity index (χ1n) is 12.3. The Kier molecular flexibility index (Phi) is 10.7. The van der Waals surface area contributed by atoms with Gasteiger partial charge in [-0.15, -0.1) is 0 Å². The third-order valence-corrected chi connectivity index (χ3v) is 8.88. The first-order valence-corrected chi connectivity index (χ1v) is 14.9. The topological polar surface area (TPSA) is 86.8 Å². The van der Waals surface area contributed by atoms with Gasteiger partial charge in [0.25, 0.3) is 10.0 Å². The molecule has 0 saturated heterocycles. The summed E-state index contributed by atoms with van der Waals surface area (Å²) in [6.45, 7) is 4.79. The molecule has 3 aromatic rings. The van der Waals surface area contributed by atoms with Crippen LogP contribution < -0.4 is 9.62 Å². The predicted molar refractivity (Wildman–Crippen MR) is 157 cm³/mol. The lowest BCUT2D eigenvalue weighted by Crippen LogP contribution is -2.52. The number of hydrogen-bond donors (Lipinski definition) is 1. The summed E-state index contributed by atoms with van der Waals surface area (Å²) >= 11 is 18.5. The van der Waals surface area contributed by atoms with Crippen molar-refractivity contribution in [1.29, 1.82) is 0 Å². The fourth-order valence-corrected chi connectivity index (χ4v) is 5.77. The SMILES string of the molecule is CC[C@@H](C)NC(=O)[C@H](C)N(Cc1ccc(Cl)cc1Cl)C(=O)CN(c1ccc(Cl)cc1)S(=O)(=O)c1ccccc1. The highest BCUT2D eigenvalue weighted by Crippen LogP contribution is 2.27. The highest BCUT2D eigenvalue weighted by molar-refractivity contribution is 7.92. The molecule has 0 aliphatic carbocycles. The summed E-state index contributed by atoms with van der Waals surface area (Å²) in [6, 6.07) is 17.8.